The van der Waals surface area contributed by atoms with Crippen LogP contribution in [0.15, 0.2) is 35.2 Å². The molecule has 2 aromatic rings. The second-order valence-electron chi connectivity index (χ2n) is 2.97. The van der Waals surface area contributed by atoms with Crippen molar-refractivity contribution in [2.75, 3.05) is 0 Å². The van der Waals surface area contributed by atoms with Gasteiger partial charge in [0.15, 0.2) is 5.69 Å². The molecule has 84 valence electrons. The van der Waals surface area contributed by atoms with E-state index in [0.717, 1.165) is 10.7 Å². The summed E-state index contributed by atoms with van der Waals surface area (Å²) in [6.45, 7) is 0. The summed E-state index contributed by atoms with van der Waals surface area (Å²) in [6, 6.07) is 2.49. The average molecular weight is 292 g/mol. The van der Waals surface area contributed by atoms with Crippen molar-refractivity contribution in [2.45, 2.75) is 6.18 Å². The van der Waals surface area contributed by atoms with Crippen molar-refractivity contribution in [2.24, 2.45) is 0 Å². The van der Waals surface area contributed by atoms with Crippen molar-refractivity contribution in [1.82, 2.24) is 14.8 Å². The van der Waals surface area contributed by atoms with Gasteiger partial charge in [-0.15, -0.1) is 0 Å². The maximum Gasteiger partial charge on any atom is 0.435 e. The van der Waals surface area contributed by atoms with Crippen molar-refractivity contribution in [3.05, 3.63) is 40.9 Å². The van der Waals surface area contributed by atoms with Crippen LogP contribution in [0.25, 0.3) is 5.69 Å². The Kier molecular flexibility index (Phi) is 2.71. The van der Waals surface area contributed by atoms with E-state index in [1.807, 2.05) is 0 Å². The molecule has 0 amide bonds. The van der Waals surface area contributed by atoms with Crippen molar-refractivity contribution in [1.29, 1.82) is 0 Å². The van der Waals surface area contributed by atoms with Crippen molar-refractivity contribution >= 4 is 15.9 Å². The van der Waals surface area contributed by atoms with E-state index in [9.17, 15) is 13.2 Å². The van der Waals surface area contributed by atoms with Gasteiger partial charge in [-0.25, -0.2) is 4.68 Å². The molecule has 2 aromatic heterocycles. The Hall–Kier alpha value is -1.37. The molecule has 0 atom stereocenters. The van der Waals surface area contributed by atoms with Crippen LogP contribution in [-0.2, 0) is 6.18 Å². The molecule has 0 aliphatic rings. The Balaban J connectivity index is 2.44. The van der Waals surface area contributed by atoms with Crippen molar-refractivity contribution in [3.63, 3.8) is 0 Å². The van der Waals surface area contributed by atoms with E-state index in [0.29, 0.717) is 10.2 Å². The first-order chi connectivity index (χ1) is 7.48. The molecule has 2 heterocycles. The molecule has 0 fully saturated rings. The van der Waals surface area contributed by atoms with Crippen LogP contribution in [0.4, 0.5) is 13.2 Å². The summed E-state index contributed by atoms with van der Waals surface area (Å²) in [4.78, 5) is 3.82. The Morgan fingerprint density at radius 2 is 2.00 bits per heavy atom. The molecule has 3 nitrogen and oxygen atoms in total. The minimum atomic E-state index is -4.43. The van der Waals surface area contributed by atoms with Crippen LogP contribution < -0.4 is 0 Å². The highest BCUT2D eigenvalue weighted by molar-refractivity contribution is 9.10. The molecule has 0 bridgehead atoms. The summed E-state index contributed by atoms with van der Waals surface area (Å²) in [6.07, 6.45) is -0.201. The van der Waals surface area contributed by atoms with Gasteiger partial charge in [0.1, 0.15) is 0 Å². The van der Waals surface area contributed by atoms with E-state index in [-0.39, 0.29) is 0 Å². The molecule has 0 unspecified atom stereocenters. The fraction of sp³-hybridized carbons (Fsp3) is 0.111. The molecule has 0 aliphatic heterocycles. The molecule has 0 saturated carbocycles. The van der Waals surface area contributed by atoms with E-state index < -0.39 is 11.9 Å². The summed E-state index contributed by atoms with van der Waals surface area (Å²) >= 11 is 3.19. The van der Waals surface area contributed by atoms with E-state index >= 15 is 0 Å². The van der Waals surface area contributed by atoms with Crippen molar-refractivity contribution in [3.8, 4) is 5.69 Å². The predicted octanol–water partition coefficient (Wildman–Crippen LogP) is 3.05. The normalized spacial score (nSPS) is 11.8. The Labute approximate surface area is 97.0 Å². The first-order valence-electron chi connectivity index (χ1n) is 4.21. The summed E-state index contributed by atoms with van der Waals surface area (Å²) in [5.41, 5.74) is -0.415. The van der Waals surface area contributed by atoms with Gasteiger partial charge in [0, 0.05) is 18.6 Å². The smallest absolute Gasteiger partial charge is 0.263 e. The largest absolute Gasteiger partial charge is 0.435 e. The lowest BCUT2D eigenvalue weighted by molar-refractivity contribution is -0.141. The molecule has 0 aromatic carbocycles. The lowest BCUT2D eigenvalue weighted by atomic mass is 10.4. The van der Waals surface area contributed by atoms with Crippen LogP contribution in [-0.4, -0.2) is 14.8 Å². The number of hydrogen-bond donors (Lipinski definition) is 0. The van der Waals surface area contributed by atoms with Crippen LogP contribution in [0, 0.1) is 0 Å². The van der Waals surface area contributed by atoms with Crippen LogP contribution >= 0.6 is 15.9 Å². The van der Waals surface area contributed by atoms with Gasteiger partial charge in [-0.3, -0.25) is 4.98 Å². The highest BCUT2D eigenvalue weighted by Gasteiger charge is 2.33. The molecule has 0 saturated heterocycles. The zero-order valence-electron chi connectivity index (χ0n) is 7.74. The molecule has 0 aliphatic carbocycles. The SMILES string of the molecule is FC(F)(F)c1ccn(-c2ccncc2Br)n1. The zero-order chi connectivity index (χ0) is 11.8. The Morgan fingerprint density at radius 1 is 1.25 bits per heavy atom. The zero-order valence-corrected chi connectivity index (χ0v) is 9.33. The van der Waals surface area contributed by atoms with E-state index in [1.165, 1.54) is 18.6 Å². The van der Waals surface area contributed by atoms with Gasteiger partial charge in [-0.05, 0) is 28.1 Å². The third-order valence-corrected chi connectivity index (χ3v) is 2.49. The molecular formula is C9H5BrF3N3. The fourth-order valence-corrected chi connectivity index (χ4v) is 1.59. The molecule has 16 heavy (non-hydrogen) atoms. The van der Waals surface area contributed by atoms with E-state index in [4.69, 9.17) is 0 Å². The second kappa shape index (κ2) is 3.89. The highest BCUT2D eigenvalue weighted by atomic mass is 79.9. The van der Waals surface area contributed by atoms with Crippen LogP contribution in [0.5, 0.6) is 0 Å². The van der Waals surface area contributed by atoms with Gasteiger partial charge < -0.3 is 0 Å². The van der Waals surface area contributed by atoms with Gasteiger partial charge in [0.25, 0.3) is 0 Å². The minimum Gasteiger partial charge on any atom is -0.263 e. The number of rotatable bonds is 1. The first kappa shape index (κ1) is 11.1. The fourth-order valence-electron chi connectivity index (χ4n) is 1.16. The highest BCUT2D eigenvalue weighted by Crippen LogP contribution is 2.28. The quantitative estimate of drug-likeness (QED) is 0.808. The number of hydrogen-bond acceptors (Lipinski definition) is 2. The lowest BCUT2D eigenvalue weighted by Gasteiger charge is -2.04. The molecule has 7 heteroatoms. The number of alkyl halides is 3. The van der Waals surface area contributed by atoms with Gasteiger partial charge in [0.05, 0.1) is 10.2 Å². The first-order valence-corrected chi connectivity index (χ1v) is 5.00. The maximum absolute atomic E-state index is 12.3. The van der Waals surface area contributed by atoms with Gasteiger partial charge in [-0.2, -0.15) is 18.3 Å². The Morgan fingerprint density at radius 3 is 2.56 bits per heavy atom. The molecule has 2 rings (SSSR count). The van der Waals surface area contributed by atoms with Crippen LogP contribution in [0.3, 0.4) is 0 Å². The third-order valence-electron chi connectivity index (χ3n) is 1.88. The third kappa shape index (κ3) is 2.08. The number of nitrogens with zero attached hydrogens (tertiary/aromatic N) is 3. The van der Waals surface area contributed by atoms with Gasteiger partial charge in [-0.1, -0.05) is 0 Å². The predicted molar refractivity (Wildman–Crippen MR) is 54.1 cm³/mol. The topological polar surface area (TPSA) is 30.7 Å². The molecule has 0 N–H and O–H groups in total. The average Bonchev–Trinajstić information content (AvgIpc) is 2.66. The number of halogens is 4. The van der Waals surface area contributed by atoms with Gasteiger partial charge >= 0.3 is 6.18 Å². The maximum atomic E-state index is 12.3. The monoisotopic (exact) mass is 291 g/mol. The van der Waals surface area contributed by atoms with Gasteiger partial charge in [0.2, 0.25) is 0 Å². The minimum absolute atomic E-state index is 0.505. The second-order valence-corrected chi connectivity index (χ2v) is 3.82. The molecule has 0 radical (unpaired) electrons. The van der Waals surface area contributed by atoms with Crippen LogP contribution in [0.2, 0.25) is 0 Å². The summed E-state index contributed by atoms with van der Waals surface area (Å²) in [5, 5.41) is 3.45. The van der Waals surface area contributed by atoms with Crippen LogP contribution in [0.1, 0.15) is 5.69 Å². The standard InChI is InChI=1S/C9H5BrF3N3/c10-6-5-14-3-1-7(6)16-4-2-8(15-16)9(11,12)13/h1-5H. The lowest BCUT2D eigenvalue weighted by Crippen LogP contribution is -2.07. The summed E-state index contributed by atoms with van der Waals surface area (Å²) < 4.78 is 38.7. The number of pyridine rings is 1. The molecular weight excluding hydrogens is 287 g/mol. The summed E-state index contributed by atoms with van der Waals surface area (Å²) in [5.74, 6) is 0. The molecule has 0 spiro atoms. The summed E-state index contributed by atoms with van der Waals surface area (Å²) in [7, 11) is 0. The van der Waals surface area contributed by atoms with E-state index in [1.54, 1.807) is 6.07 Å². The van der Waals surface area contributed by atoms with E-state index in [2.05, 4.69) is 26.0 Å². The van der Waals surface area contributed by atoms with Crippen molar-refractivity contribution < 1.29 is 13.2 Å². The Bertz CT molecular complexity index is 507. The number of aromatic nitrogens is 3.